The van der Waals surface area contributed by atoms with Crippen LogP contribution in [-0.4, -0.2) is 29.1 Å². The van der Waals surface area contributed by atoms with Crippen molar-refractivity contribution in [3.63, 3.8) is 0 Å². The summed E-state index contributed by atoms with van der Waals surface area (Å²) in [5.41, 5.74) is 2.80. The number of imidazole rings is 2. The maximum absolute atomic E-state index is 9.05. The lowest BCUT2D eigenvalue weighted by atomic mass is 10.3. The summed E-state index contributed by atoms with van der Waals surface area (Å²) in [5.74, 6) is 1.62. The molecule has 0 aliphatic carbocycles. The second kappa shape index (κ2) is 6.17. The average Bonchev–Trinajstić information content (AvgIpc) is 3.25. The van der Waals surface area contributed by atoms with E-state index in [-0.39, 0.29) is 0 Å². The van der Waals surface area contributed by atoms with Crippen LogP contribution >= 0.6 is 0 Å². The largest absolute Gasteiger partial charge is 0.322 e. The normalized spacial score (nSPS) is 10.9. The molecule has 4 heterocycles. The maximum atomic E-state index is 9.05. The van der Waals surface area contributed by atoms with Crippen LogP contribution < -0.4 is 0 Å². The van der Waals surface area contributed by atoms with E-state index in [2.05, 4.69) is 32.5 Å². The van der Waals surface area contributed by atoms with Crippen LogP contribution in [0.1, 0.15) is 18.4 Å². The predicted octanol–water partition coefficient (Wildman–Crippen LogP) is 2.63. The van der Waals surface area contributed by atoms with Gasteiger partial charge in [0.15, 0.2) is 11.5 Å². The summed E-state index contributed by atoms with van der Waals surface area (Å²) in [5, 5.41) is 9.05. The highest BCUT2D eigenvalue weighted by molar-refractivity contribution is 5.71. The summed E-state index contributed by atoms with van der Waals surface area (Å²) >= 11 is 0. The summed E-state index contributed by atoms with van der Waals surface area (Å²) in [6.07, 6.45) is 5.40. The van der Waals surface area contributed by atoms with E-state index < -0.39 is 0 Å². The van der Waals surface area contributed by atoms with Gasteiger partial charge in [0.05, 0.1) is 6.54 Å². The van der Waals surface area contributed by atoms with Crippen molar-refractivity contribution in [3.8, 4) is 17.6 Å². The van der Waals surface area contributed by atoms with Crippen LogP contribution in [0.25, 0.3) is 22.7 Å². The van der Waals surface area contributed by atoms with E-state index in [1.54, 1.807) is 18.5 Å². The summed E-state index contributed by atoms with van der Waals surface area (Å²) in [6, 6.07) is 11.3. The van der Waals surface area contributed by atoms with Crippen LogP contribution in [0.2, 0.25) is 0 Å². The molecule has 4 aromatic heterocycles. The molecule has 0 aliphatic heterocycles. The second-order valence-electron chi connectivity index (χ2n) is 5.52. The predicted molar refractivity (Wildman–Crippen MR) is 92.5 cm³/mol. The number of fused-ring (bicyclic) bond motifs is 1. The van der Waals surface area contributed by atoms with Crippen molar-refractivity contribution in [2.45, 2.75) is 20.0 Å². The fourth-order valence-electron chi connectivity index (χ4n) is 2.90. The van der Waals surface area contributed by atoms with Crippen LogP contribution in [0, 0.1) is 11.3 Å². The smallest absolute Gasteiger partial charge is 0.160 e. The number of nitrogens with zero attached hydrogens (tertiary/aromatic N) is 7. The highest BCUT2D eigenvalue weighted by Crippen LogP contribution is 2.19. The zero-order chi connectivity index (χ0) is 17.2. The molecule has 0 unspecified atom stereocenters. The van der Waals surface area contributed by atoms with E-state index in [0.29, 0.717) is 23.8 Å². The third-order valence-electron chi connectivity index (χ3n) is 4.02. The Hall–Kier alpha value is -3.53. The minimum absolute atomic E-state index is 0.372. The molecule has 0 fully saturated rings. The number of rotatable bonds is 4. The van der Waals surface area contributed by atoms with Gasteiger partial charge in [-0.25, -0.2) is 19.9 Å². The van der Waals surface area contributed by atoms with Gasteiger partial charge in [-0.15, -0.1) is 0 Å². The molecule has 7 nitrogen and oxygen atoms in total. The van der Waals surface area contributed by atoms with Crippen LogP contribution in [0.15, 0.2) is 48.9 Å². The molecule has 4 rings (SSSR count). The summed E-state index contributed by atoms with van der Waals surface area (Å²) in [6.45, 7) is 3.42. The lowest BCUT2D eigenvalue weighted by Crippen LogP contribution is -2.09. The van der Waals surface area contributed by atoms with E-state index in [0.717, 1.165) is 23.5 Å². The molecule has 0 N–H and O–H groups in total. The minimum atomic E-state index is 0.372. The highest BCUT2D eigenvalue weighted by atomic mass is 15.2. The highest BCUT2D eigenvalue weighted by Gasteiger charge is 2.14. The fourth-order valence-corrected chi connectivity index (χ4v) is 2.90. The third-order valence-corrected chi connectivity index (χ3v) is 4.02. The summed E-state index contributed by atoms with van der Waals surface area (Å²) in [4.78, 5) is 17.9. The van der Waals surface area contributed by atoms with E-state index in [9.17, 15) is 0 Å². The van der Waals surface area contributed by atoms with Gasteiger partial charge in [-0.2, -0.15) is 5.26 Å². The van der Waals surface area contributed by atoms with E-state index in [1.807, 2.05) is 35.0 Å². The van der Waals surface area contributed by atoms with Crippen molar-refractivity contribution in [1.82, 2.24) is 29.1 Å². The van der Waals surface area contributed by atoms with Crippen LogP contribution in [0.3, 0.4) is 0 Å². The Morgan fingerprint density at radius 2 is 2.00 bits per heavy atom. The Bertz CT molecular complexity index is 1080. The maximum Gasteiger partial charge on any atom is 0.160 e. The molecular weight excluding hydrogens is 314 g/mol. The quantitative estimate of drug-likeness (QED) is 0.574. The Balaban J connectivity index is 1.76. The molecule has 122 valence electrons. The van der Waals surface area contributed by atoms with Gasteiger partial charge in [0.2, 0.25) is 0 Å². The first-order chi connectivity index (χ1) is 12.3. The van der Waals surface area contributed by atoms with Gasteiger partial charge in [-0.05, 0) is 31.2 Å². The van der Waals surface area contributed by atoms with Gasteiger partial charge in [-0.1, -0.05) is 6.07 Å². The van der Waals surface area contributed by atoms with Crippen molar-refractivity contribution in [2.75, 3.05) is 0 Å². The molecule has 4 aromatic rings. The molecular formula is C18H15N7. The molecule has 25 heavy (non-hydrogen) atoms. The van der Waals surface area contributed by atoms with Crippen LogP contribution in [0.5, 0.6) is 0 Å². The standard InChI is InChI=1S/C18H15N7/c1-2-25-16(23-15-7-4-8-20-18(15)25)12-24-10-9-21-17(24)14-6-3-5-13(11-19)22-14/h3-10H,2,12H2,1H3. The number of nitriles is 1. The van der Waals surface area contributed by atoms with E-state index >= 15 is 0 Å². The Labute approximate surface area is 144 Å². The zero-order valence-corrected chi connectivity index (χ0v) is 13.7. The van der Waals surface area contributed by atoms with Crippen molar-refractivity contribution in [1.29, 1.82) is 5.26 Å². The molecule has 0 aliphatic rings. The first-order valence-corrected chi connectivity index (χ1v) is 7.99. The van der Waals surface area contributed by atoms with Gasteiger partial charge in [0.1, 0.15) is 28.8 Å². The van der Waals surface area contributed by atoms with Crippen LogP contribution in [0.4, 0.5) is 0 Å². The number of hydrogen-bond donors (Lipinski definition) is 0. The minimum Gasteiger partial charge on any atom is -0.322 e. The molecule has 0 saturated carbocycles. The molecule has 0 amide bonds. The third kappa shape index (κ3) is 2.64. The lowest BCUT2D eigenvalue weighted by Gasteiger charge is -2.09. The molecule has 0 radical (unpaired) electrons. The van der Waals surface area contributed by atoms with Gasteiger partial charge < -0.3 is 9.13 Å². The molecule has 0 atom stereocenters. The van der Waals surface area contributed by atoms with Gasteiger partial charge in [-0.3, -0.25) is 0 Å². The Kier molecular flexibility index (Phi) is 3.71. The Morgan fingerprint density at radius 3 is 2.84 bits per heavy atom. The van der Waals surface area contributed by atoms with Gasteiger partial charge >= 0.3 is 0 Å². The van der Waals surface area contributed by atoms with Crippen molar-refractivity contribution < 1.29 is 0 Å². The topological polar surface area (TPSA) is 85.2 Å². The van der Waals surface area contributed by atoms with Crippen LogP contribution in [-0.2, 0) is 13.1 Å². The van der Waals surface area contributed by atoms with Crippen molar-refractivity contribution in [2.24, 2.45) is 0 Å². The van der Waals surface area contributed by atoms with E-state index in [1.165, 1.54) is 0 Å². The average molecular weight is 329 g/mol. The first kappa shape index (κ1) is 15.0. The number of hydrogen-bond acceptors (Lipinski definition) is 5. The number of pyridine rings is 2. The molecule has 7 heteroatoms. The summed E-state index contributed by atoms with van der Waals surface area (Å²) < 4.78 is 4.08. The second-order valence-corrected chi connectivity index (χ2v) is 5.52. The number of aromatic nitrogens is 6. The lowest BCUT2D eigenvalue weighted by molar-refractivity contribution is 0.663. The summed E-state index contributed by atoms with van der Waals surface area (Å²) in [7, 11) is 0. The monoisotopic (exact) mass is 329 g/mol. The molecule has 0 aromatic carbocycles. The van der Waals surface area contributed by atoms with Crippen molar-refractivity contribution in [3.05, 3.63) is 60.4 Å². The Morgan fingerprint density at radius 1 is 1.08 bits per heavy atom. The van der Waals surface area contributed by atoms with Crippen molar-refractivity contribution >= 4 is 11.2 Å². The van der Waals surface area contributed by atoms with Gasteiger partial charge in [0, 0.05) is 25.1 Å². The fraction of sp³-hybridized carbons (Fsp3) is 0.167. The number of aryl methyl sites for hydroxylation is 1. The molecule has 0 bridgehead atoms. The van der Waals surface area contributed by atoms with E-state index in [4.69, 9.17) is 10.2 Å². The SMILES string of the molecule is CCn1c(Cn2ccnc2-c2cccc(C#N)n2)nc2cccnc21. The molecule has 0 spiro atoms. The van der Waals surface area contributed by atoms with Gasteiger partial charge in [0.25, 0.3) is 0 Å². The first-order valence-electron chi connectivity index (χ1n) is 7.99. The molecule has 0 saturated heterocycles. The zero-order valence-electron chi connectivity index (χ0n) is 13.7.